The van der Waals surface area contributed by atoms with Crippen LogP contribution in [0.5, 0.6) is 0 Å². The Morgan fingerprint density at radius 1 is 1.21 bits per heavy atom. The Labute approximate surface area is 170 Å². The number of nitrogen functional groups attached to an aromatic ring is 1. The van der Waals surface area contributed by atoms with Gasteiger partial charge in [0.15, 0.2) is 0 Å². The number of fused-ring (bicyclic) bond motifs is 1. The summed E-state index contributed by atoms with van der Waals surface area (Å²) in [4.78, 5) is 8.35. The molecule has 6 heteroatoms. The fourth-order valence-corrected chi connectivity index (χ4v) is 4.00. The molecular formula is C23H26N4O2. The molecule has 1 atom stereocenters. The van der Waals surface area contributed by atoms with Crippen LogP contribution < -0.4 is 5.73 Å². The first-order valence-corrected chi connectivity index (χ1v) is 10.1. The van der Waals surface area contributed by atoms with Gasteiger partial charge in [-0.05, 0) is 56.9 Å². The van der Waals surface area contributed by atoms with Gasteiger partial charge in [-0.25, -0.2) is 4.98 Å². The minimum Gasteiger partial charge on any atom is -0.393 e. The monoisotopic (exact) mass is 390 g/mol. The number of aliphatic hydroxyl groups excluding tert-OH is 1. The van der Waals surface area contributed by atoms with Crippen LogP contribution in [-0.4, -0.2) is 36.5 Å². The highest BCUT2D eigenvalue weighted by Gasteiger charge is 2.26. The van der Waals surface area contributed by atoms with Gasteiger partial charge in [-0.2, -0.15) is 4.98 Å². The zero-order chi connectivity index (χ0) is 20.4. The number of aliphatic hydroxyl groups is 2. The molecule has 1 aliphatic rings. The Hall–Kier alpha value is -2.88. The molecule has 29 heavy (non-hydrogen) atoms. The molecule has 0 aliphatic heterocycles. The minimum atomic E-state index is -0.881. The maximum atomic E-state index is 10.7. The third-order valence-electron chi connectivity index (χ3n) is 5.39. The molecule has 4 rings (SSSR count). The molecule has 2 aromatic heterocycles. The second kappa shape index (κ2) is 7.86. The summed E-state index contributed by atoms with van der Waals surface area (Å²) < 4.78 is 1.99. The normalized spacial score (nSPS) is 16.9. The fourth-order valence-electron chi connectivity index (χ4n) is 4.00. The summed E-state index contributed by atoms with van der Waals surface area (Å²) in [5.74, 6) is 7.11. The fraction of sp³-hybridized carbons (Fsp3) is 0.391. The van der Waals surface area contributed by atoms with Gasteiger partial charge >= 0.3 is 0 Å². The van der Waals surface area contributed by atoms with E-state index >= 15 is 0 Å². The highest BCUT2D eigenvalue weighted by molar-refractivity contribution is 5.84. The van der Waals surface area contributed by atoms with Gasteiger partial charge in [0.1, 0.15) is 11.4 Å². The second-order valence-corrected chi connectivity index (χ2v) is 7.91. The minimum absolute atomic E-state index is 0.197. The lowest BCUT2D eigenvalue weighted by Crippen LogP contribution is -2.29. The number of rotatable bonds is 3. The first kappa shape index (κ1) is 19.4. The molecule has 0 spiro atoms. The largest absolute Gasteiger partial charge is 0.393 e. The van der Waals surface area contributed by atoms with Crippen LogP contribution in [0.1, 0.15) is 50.3 Å². The Bertz CT molecular complexity index is 1090. The van der Waals surface area contributed by atoms with Gasteiger partial charge in [0.25, 0.3) is 0 Å². The molecule has 150 valence electrons. The predicted octanol–water partition coefficient (Wildman–Crippen LogP) is 2.97. The Morgan fingerprint density at radius 3 is 2.72 bits per heavy atom. The lowest BCUT2D eigenvalue weighted by atomic mass is 9.85. The molecule has 3 aromatic rings. The van der Waals surface area contributed by atoms with E-state index in [1.54, 1.807) is 19.2 Å². The standard InChI is InChI=1S/C23H26N4O2/c1-16(28)13-19-15-18-6-5-17(7-11-23(29)9-3-2-4-10-23)14-20(18)27(19)21-8-12-25-22(24)26-21/h5-6,8,12,14-16,28-29H,2-4,9-10,13H2,1H3,(H2,24,25,26). The molecular weight excluding hydrogens is 364 g/mol. The molecule has 4 N–H and O–H groups in total. The number of aromatic nitrogens is 3. The van der Waals surface area contributed by atoms with Crippen LogP contribution in [0.3, 0.4) is 0 Å². The van der Waals surface area contributed by atoms with E-state index in [-0.39, 0.29) is 5.95 Å². The van der Waals surface area contributed by atoms with E-state index in [4.69, 9.17) is 5.73 Å². The number of benzene rings is 1. The van der Waals surface area contributed by atoms with E-state index in [2.05, 4.69) is 21.8 Å². The predicted molar refractivity (Wildman–Crippen MR) is 114 cm³/mol. The molecule has 0 bridgehead atoms. The van der Waals surface area contributed by atoms with Crippen LogP contribution in [0, 0.1) is 11.8 Å². The molecule has 1 aromatic carbocycles. The van der Waals surface area contributed by atoms with Gasteiger partial charge in [0.05, 0.1) is 11.6 Å². The Morgan fingerprint density at radius 2 is 2.00 bits per heavy atom. The second-order valence-electron chi connectivity index (χ2n) is 7.91. The van der Waals surface area contributed by atoms with Crippen molar-refractivity contribution in [3.8, 4) is 17.7 Å². The van der Waals surface area contributed by atoms with Gasteiger partial charge < -0.3 is 15.9 Å². The topological polar surface area (TPSA) is 97.2 Å². The van der Waals surface area contributed by atoms with Crippen LogP contribution in [0.2, 0.25) is 0 Å². The van der Waals surface area contributed by atoms with Crippen LogP contribution in [-0.2, 0) is 6.42 Å². The number of nitrogens with two attached hydrogens (primary N) is 1. The van der Waals surface area contributed by atoms with Crippen LogP contribution >= 0.6 is 0 Å². The maximum Gasteiger partial charge on any atom is 0.221 e. The van der Waals surface area contributed by atoms with Crippen molar-refractivity contribution in [1.29, 1.82) is 0 Å². The summed E-state index contributed by atoms with van der Waals surface area (Å²) in [5, 5.41) is 21.6. The molecule has 1 saturated carbocycles. The van der Waals surface area contributed by atoms with Crippen molar-refractivity contribution in [1.82, 2.24) is 14.5 Å². The van der Waals surface area contributed by atoms with Crippen molar-refractivity contribution in [2.75, 3.05) is 5.73 Å². The lowest BCUT2D eigenvalue weighted by molar-refractivity contribution is 0.0610. The summed E-state index contributed by atoms with van der Waals surface area (Å²) in [7, 11) is 0. The van der Waals surface area contributed by atoms with E-state index in [0.717, 1.165) is 54.3 Å². The van der Waals surface area contributed by atoms with Gasteiger partial charge in [-0.3, -0.25) is 4.57 Å². The maximum absolute atomic E-state index is 10.7. The highest BCUT2D eigenvalue weighted by atomic mass is 16.3. The zero-order valence-electron chi connectivity index (χ0n) is 16.6. The average molecular weight is 390 g/mol. The summed E-state index contributed by atoms with van der Waals surface area (Å²) >= 11 is 0. The summed E-state index contributed by atoms with van der Waals surface area (Å²) in [6, 6.07) is 9.82. The Balaban J connectivity index is 1.80. The van der Waals surface area contributed by atoms with E-state index in [9.17, 15) is 10.2 Å². The summed E-state index contributed by atoms with van der Waals surface area (Å²) in [6.07, 6.45) is 6.29. The average Bonchev–Trinajstić information content (AvgIpc) is 3.03. The molecule has 0 radical (unpaired) electrons. The van der Waals surface area contributed by atoms with Crippen molar-refractivity contribution < 1.29 is 10.2 Å². The van der Waals surface area contributed by atoms with Crippen molar-refractivity contribution in [2.24, 2.45) is 0 Å². The number of hydrogen-bond donors (Lipinski definition) is 3. The molecule has 1 unspecified atom stereocenters. The van der Waals surface area contributed by atoms with Crippen molar-refractivity contribution in [2.45, 2.75) is 57.2 Å². The number of nitrogens with zero attached hydrogens (tertiary/aromatic N) is 3. The van der Waals surface area contributed by atoms with E-state index in [1.165, 1.54) is 0 Å². The number of hydrogen-bond acceptors (Lipinski definition) is 5. The lowest BCUT2D eigenvalue weighted by Gasteiger charge is -2.26. The quantitative estimate of drug-likeness (QED) is 0.598. The van der Waals surface area contributed by atoms with E-state index in [1.807, 2.05) is 28.8 Å². The van der Waals surface area contributed by atoms with Crippen molar-refractivity contribution in [3.05, 3.63) is 47.8 Å². The first-order valence-electron chi connectivity index (χ1n) is 10.1. The SMILES string of the molecule is CC(O)Cc1cc2ccc(C#CC3(O)CCCCC3)cc2n1-c1ccnc(N)n1. The van der Waals surface area contributed by atoms with Gasteiger partial charge in [-0.1, -0.05) is 24.3 Å². The van der Waals surface area contributed by atoms with Gasteiger partial charge in [-0.15, -0.1) is 0 Å². The van der Waals surface area contributed by atoms with E-state index < -0.39 is 11.7 Å². The van der Waals surface area contributed by atoms with Gasteiger partial charge in [0.2, 0.25) is 5.95 Å². The zero-order valence-corrected chi connectivity index (χ0v) is 16.6. The Kier molecular flexibility index (Phi) is 5.27. The molecule has 6 nitrogen and oxygen atoms in total. The molecule has 1 fully saturated rings. The first-order chi connectivity index (χ1) is 13.9. The molecule has 2 heterocycles. The smallest absolute Gasteiger partial charge is 0.221 e. The van der Waals surface area contributed by atoms with Crippen molar-refractivity contribution >= 4 is 16.9 Å². The summed E-state index contributed by atoms with van der Waals surface area (Å²) in [5.41, 5.74) is 7.62. The molecule has 1 aliphatic carbocycles. The molecule has 0 saturated heterocycles. The van der Waals surface area contributed by atoms with Crippen LogP contribution in [0.25, 0.3) is 16.7 Å². The molecule has 0 amide bonds. The van der Waals surface area contributed by atoms with Crippen LogP contribution in [0.15, 0.2) is 36.5 Å². The third kappa shape index (κ3) is 4.26. The van der Waals surface area contributed by atoms with Gasteiger partial charge in [0, 0.05) is 29.3 Å². The van der Waals surface area contributed by atoms with Crippen LogP contribution in [0.4, 0.5) is 5.95 Å². The summed E-state index contributed by atoms with van der Waals surface area (Å²) in [6.45, 7) is 1.76. The van der Waals surface area contributed by atoms with Crippen molar-refractivity contribution in [3.63, 3.8) is 0 Å². The third-order valence-corrected chi connectivity index (χ3v) is 5.39. The van der Waals surface area contributed by atoms with E-state index in [0.29, 0.717) is 12.2 Å². The number of anilines is 1. The highest BCUT2D eigenvalue weighted by Crippen LogP contribution is 2.28.